The van der Waals surface area contributed by atoms with Crippen LogP contribution < -0.4 is 26.2 Å². The Bertz CT molecular complexity index is 5240. The third-order valence-electron chi connectivity index (χ3n) is 21.3. The molecule has 93 heavy (non-hydrogen) atoms. The molecule has 2 aliphatic heterocycles. The number of fused-ring (bicyclic) bond motifs is 15. The Morgan fingerprint density at radius 1 is 0.323 bits per heavy atom. The SMILES string of the molecule is CC(C)(C)c1cc(N2c3cc4cc5ccccc5cc4cc3B3c4cc5cc6ccccc6cc5cc4N(c4cc(C(C)(C)C)cc(C(C)(C)C)c4)c4cc(-c5ccc6c(c5)c5c7c(ccc5n6-c5ccccc5)-c5ccccc5C7(C)C)cc2c43)cc(C(C)(C)C)c1. The summed E-state index contributed by atoms with van der Waals surface area (Å²) >= 11 is 0. The van der Waals surface area contributed by atoms with Gasteiger partial charge in [-0.2, -0.15) is 0 Å². The molecule has 0 saturated heterocycles. The third-order valence-corrected chi connectivity index (χ3v) is 21.3. The van der Waals surface area contributed by atoms with Gasteiger partial charge >= 0.3 is 0 Å². The van der Waals surface area contributed by atoms with Crippen molar-refractivity contribution in [3.8, 4) is 27.9 Å². The van der Waals surface area contributed by atoms with Crippen LogP contribution in [0.15, 0.2) is 231 Å². The van der Waals surface area contributed by atoms with E-state index in [4.69, 9.17) is 0 Å². The van der Waals surface area contributed by atoms with Crippen molar-refractivity contribution in [1.29, 1.82) is 0 Å². The van der Waals surface area contributed by atoms with E-state index < -0.39 is 0 Å². The Hall–Kier alpha value is -9.64. The highest BCUT2D eigenvalue weighted by molar-refractivity contribution is 7.00. The van der Waals surface area contributed by atoms with Gasteiger partial charge in [0.15, 0.2) is 0 Å². The summed E-state index contributed by atoms with van der Waals surface area (Å²) in [4.78, 5) is 5.40. The van der Waals surface area contributed by atoms with Crippen LogP contribution in [-0.2, 0) is 27.1 Å². The van der Waals surface area contributed by atoms with E-state index in [2.05, 4.69) is 342 Å². The normalized spacial score (nSPS) is 14.4. The van der Waals surface area contributed by atoms with Gasteiger partial charge in [0.25, 0.3) is 6.71 Å². The van der Waals surface area contributed by atoms with Crippen LogP contribution in [0.2, 0.25) is 0 Å². The summed E-state index contributed by atoms with van der Waals surface area (Å²) in [6.45, 7) is 33.2. The van der Waals surface area contributed by atoms with Crippen molar-refractivity contribution in [3.63, 3.8) is 0 Å². The second kappa shape index (κ2) is 19.7. The van der Waals surface area contributed by atoms with E-state index in [0.29, 0.717) is 0 Å². The van der Waals surface area contributed by atoms with Crippen molar-refractivity contribution < 1.29 is 0 Å². The van der Waals surface area contributed by atoms with Crippen molar-refractivity contribution >= 4 is 122 Å². The van der Waals surface area contributed by atoms with Crippen LogP contribution in [-0.4, -0.2) is 11.3 Å². The fraction of sp³-hybridized carbons (Fsp3) is 0.213. The summed E-state index contributed by atoms with van der Waals surface area (Å²) in [7, 11) is 0. The third kappa shape index (κ3) is 8.84. The maximum absolute atomic E-state index is 2.70. The standard InChI is InChI=1S/C89H80BN3/c1-85(2,3)63-47-64(86(4,5)6)50-68(49-63)92-78-43-60-38-55-26-20-18-24-53(55)36-58(60)41-74(78)90-75-42-59-37-54-25-19-21-27-56(54)39-61(59)44-79(75)93(69-51-65(87(7,8)9)48-66(52-69)88(10,11)12)81-46-62(45-80(92)84(81)90)57-32-34-76-72(40-57)82-77(91(76)67-28-16-15-17-29-67)35-33-71-70-30-22-23-31-73(70)89(13,14)83(71)82/h15-52H,1-14H3. The molecule has 0 fully saturated rings. The van der Waals surface area contributed by atoms with Gasteiger partial charge in [0, 0.05) is 56.0 Å². The number of benzene rings is 13. The number of hydrogen-bond donors (Lipinski definition) is 0. The highest BCUT2D eigenvalue weighted by Crippen LogP contribution is 2.55. The first-order valence-electron chi connectivity index (χ1n) is 33.7. The highest BCUT2D eigenvalue weighted by atomic mass is 15.2. The smallest absolute Gasteiger partial charge is 0.252 e. The molecule has 3 heterocycles. The monoisotopic (exact) mass is 1200 g/mol. The molecule has 0 N–H and O–H groups in total. The van der Waals surface area contributed by atoms with Gasteiger partial charge in [-0.05, 0) is 240 Å². The predicted octanol–water partition coefficient (Wildman–Crippen LogP) is 22.6. The zero-order valence-corrected chi connectivity index (χ0v) is 56.4. The number of aromatic nitrogens is 1. The molecule has 454 valence electrons. The van der Waals surface area contributed by atoms with E-state index in [9.17, 15) is 0 Å². The van der Waals surface area contributed by atoms with Crippen LogP contribution in [0.4, 0.5) is 34.1 Å². The van der Waals surface area contributed by atoms with E-state index in [1.54, 1.807) is 0 Å². The van der Waals surface area contributed by atoms with Crippen LogP contribution >= 0.6 is 0 Å². The fourth-order valence-electron chi connectivity index (χ4n) is 16.2. The molecule has 1 aliphatic carbocycles. The topological polar surface area (TPSA) is 11.4 Å². The molecule has 4 heteroatoms. The summed E-state index contributed by atoms with van der Waals surface area (Å²) in [5.74, 6) is 0. The second-order valence-corrected chi connectivity index (χ2v) is 31.9. The Balaban J connectivity index is 1.04. The number of para-hydroxylation sites is 1. The molecule has 14 aromatic rings. The molecule has 0 amide bonds. The first kappa shape index (κ1) is 57.3. The lowest BCUT2D eigenvalue weighted by Gasteiger charge is -2.45. The molecule has 0 radical (unpaired) electrons. The van der Waals surface area contributed by atoms with E-state index in [1.807, 2.05) is 0 Å². The minimum absolute atomic E-state index is 0.130. The molecule has 13 aromatic carbocycles. The summed E-state index contributed by atoms with van der Waals surface area (Å²) in [5, 5.41) is 12.5. The van der Waals surface area contributed by atoms with Gasteiger partial charge in [-0.1, -0.05) is 224 Å². The lowest BCUT2D eigenvalue weighted by atomic mass is 9.33. The van der Waals surface area contributed by atoms with Crippen molar-refractivity contribution in [2.75, 3.05) is 9.80 Å². The first-order chi connectivity index (χ1) is 44.3. The molecule has 0 saturated carbocycles. The van der Waals surface area contributed by atoms with Gasteiger partial charge in [0.2, 0.25) is 0 Å². The van der Waals surface area contributed by atoms with Crippen molar-refractivity contribution in [1.82, 2.24) is 4.57 Å². The minimum Gasteiger partial charge on any atom is -0.311 e. The lowest BCUT2D eigenvalue weighted by Crippen LogP contribution is -2.61. The van der Waals surface area contributed by atoms with Crippen LogP contribution in [0.5, 0.6) is 0 Å². The average molecular weight is 1200 g/mol. The maximum atomic E-state index is 2.70. The molecule has 1 aromatic heterocycles. The van der Waals surface area contributed by atoms with E-state index in [0.717, 1.165) is 5.69 Å². The molecule has 17 rings (SSSR count). The van der Waals surface area contributed by atoms with Gasteiger partial charge in [0.1, 0.15) is 0 Å². The summed E-state index contributed by atoms with van der Waals surface area (Å²) in [6.07, 6.45) is 0. The van der Waals surface area contributed by atoms with Crippen LogP contribution in [0.25, 0.3) is 92.8 Å². The number of anilines is 6. The Kier molecular flexibility index (Phi) is 12.1. The Morgan fingerprint density at radius 3 is 1.23 bits per heavy atom. The molecular formula is C89H80BN3. The van der Waals surface area contributed by atoms with Crippen molar-refractivity contribution in [2.45, 2.75) is 124 Å². The average Bonchev–Trinajstić information content (AvgIpc) is 1.53. The van der Waals surface area contributed by atoms with Crippen LogP contribution in [0.1, 0.15) is 130 Å². The molecular weight excluding hydrogens is 1120 g/mol. The van der Waals surface area contributed by atoms with E-state index in [1.165, 1.54) is 171 Å². The second-order valence-electron chi connectivity index (χ2n) is 31.9. The minimum atomic E-state index is -0.238. The van der Waals surface area contributed by atoms with E-state index in [-0.39, 0.29) is 33.8 Å². The molecule has 0 bridgehead atoms. The van der Waals surface area contributed by atoms with Crippen molar-refractivity contribution in [3.05, 3.63) is 264 Å². The zero-order valence-electron chi connectivity index (χ0n) is 56.4. The first-order valence-corrected chi connectivity index (χ1v) is 33.7. The highest BCUT2D eigenvalue weighted by Gasteiger charge is 2.46. The number of hydrogen-bond acceptors (Lipinski definition) is 2. The molecule has 3 aliphatic rings. The summed E-state index contributed by atoms with van der Waals surface area (Å²) < 4.78 is 2.51. The Labute approximate surface area is 549 Å². The largest absolute Gasteiger partial charge is 0.311 e. The predicted molar refractivity (Wildman–Crippen MR) is 403 cm³/mol. The van der Waals surface area contributed by atoms with Gasteiger partial charge < -0.3 is 14.4 Å². The van der Waals surface area contributed by atoms with Gasteiger partial charge in [-0.15, -0.1) is 0 Å². The molecule has 0 spiro atoms. The summed E-state index contributed by atoms with van der Waals surface area (Å²) in [6, 6.07) is 90.2. The van der Waals surface area contributed by atoms with Gasteiger partial charge in [-0.25, -0.2) is 0 Å². The summed E-state index contributed by atoms with van der Waals surface area (Å²) in [5.41, 5.74) is 27.0. The van der Waals surface area contributed by atoms with Crippen molar-refractivity contribution in [2.24, 2.45) is 0 Å². The quantitative estimate of drug-likeness (QED) is 0.129. The molecule has 0 atom stereocenters. The van der Waals surface area contributed by atoms with Crippen LogP contribution in [0.3, 0.4) is 0 Å². The van der Waals surface area contributed by atoms with Gasteiger partial charge in [0.05, 0.1) is 11.0 Å². The van der Waals surface area contributed by atoms with Gasteiger partial charge in [-0.3, -0.25) is 0 Å². The van der Waals surface area contributed by atoms with E-state index >= 15 is 0 Å². The number of nitrogens with zero attached hydrogens (tertiary/aromatic N) is 3. The lowest BCUT2D eigenvalue weighted by molar-refractivity contribution is 0.568. The fourth-order valence-corrected chi connectivity index (χ4v) is 16.2. The molecule has 0 unspecified atom stereocenters. The maximum Gasteiger partial charge on any atom is 0.252 e. The Morgan fingerprint density at radius 2 is 0.753 bits per heavy atom. The number of rotatable bonds is 4. The molecule has 3 nitrogen and oxygen atoms in total. The zero-order chi connectivity index (χ0) is 64.2. The van der Waals surface area contributed by atoms with Crippen LogP contribution in [0, 0.1) is 0 Å².